The zero-order valence-corrected chi connectivity index (χ0v) is 13.7. The Kier molecular flexibility index (Phi) is 11.6. The van der Waals surface area contributed by atoms with Crippen LogP contribution in [0.2, 0.25) is 0 Å². The summed E-state index contributed by atoms with van der Waals surface area (Å²) in [5.74, 6) is 0. The summed E-state index contributed by atoms with van der Waals surface area (Å²) < 4.78 is 0. The Labute approximate surface area is 120 Å². The molecule has 0 aromatic heterocycles. The van der Waals surface area contributed by atoms with Crippen LogP contribution in [-0.4, -0.2) is 84.8 Å². The summed E-state index contributed by atoms with van der Waals surface area (Å²) in [6.07, 6.45) is 0. The molecule has 0 saturated carbocycles. The van der Waals surface area contributed by atoms with Gasteiger partial charge in [-0.1, -0.05) is 27.7 Å². The largest absolute Gasteiger partial charge is 0.395 e. The Hall–Kier alpha value is -0.160. The zero-order chi connectivity index (χ0) is 14.7. The average Bonchev–Trinajstić information content (AvgIpc) is 2.46. The van der Waals surface area contributed by atoms with Crippen LogP contribution in [0.1, 0.15) is 34.6 Å². The Morgan fingerprint density at radius 2 is 1.11 bits per heavy atom. The molecule has 1 N–H and O–H groups in total. The van der Waals surface area contributed by atoms with Gasteiger partial charge >= 0.3 is 0 Å². The van der Waals surface area contributed by atoms with Crippen LogP contribution in [-0.2, 0) is 0 Å². The summed E-state index contributed by atoms with van der Waals surface area (Å²) in [5.41, 5.74) is 0. The number of aliphatic hydroxyl groups is 1. The van der Waals surface area contributed by atoms with Crippen molar-refractivity contribution >= 4 is 0 Å². The predicted molar refractivity (Wildman–Crippen MR) is 83.7 cm³/mol. The van der Waals surface area contributed by atoms with E-state index in [1.165, 1.54) is 0 Å². The van der Waals surface area contributed by atoms with E-state index < -0.39 is 0 Å². The first-order chi connectivity index (χ1) is 9.12. The fourth-order valence-electron chi connectivity index (χ4n) is 2.29. The predicted octanol–water partition coefficient (Wildman–Crippen LogP) is 1.35. The van der Waals surface area contributed by atoms with Crippen LogP contribution < -0.4 is 0 Å². The number of nitrogens with zero attached hydrogens (tertiary/aromatic N) is 3. The second-order valence-electron chi connectivity index (χ2n) is 5.12. The molecule has 0 saturated heterocycles. The lowest BCUT2D eigenvalue weighted by Crippen LogP contribution is -2.45. The minimum atomic E-state index is 0.247. The lowest BCUT2D eigenvalue weighted by molar-refractivity contribution is 0.108. The second kappa shape index (κ2) is 11.6. The summed E-state index contributed by atoms with van der Waals surface area (Å²) in [6.45, 7) is 19.9. The molecule has 1 unspecified atom stereocenters. The van der Waals surface area contributed by atoms with E-state index in [0.29, 0.717) is 0 Å². The minimum absolute atomic E-state index is 0.247. The number of hydrogen-bond donors (Lipinski definition) is 1. The number of likely N-dealkylation sites (N-methyl/N-ethyl adjacent to an activating group) is 2. The van der Waals surface area contributed by atoms with E-state index in [9.17, 15) is 5.11 Å². The molecule has 0 radical (unpaired) electrons. The Bertz CT molecular complexity index is 178. The van der Waals surface area contributed by atoms with Crippen molar-refractivity contribution in [1.29, 1.82) is 0 Å². The Balaban J connectivity index is 4.22. The van der Waals surface area contributed by atoms with E-state index in [4.69, 9.17) is 0 Å². The molecule has 0 aromatic carbocycles. The summed E-state index contributed by atoms with van der Waals surface area (Å²) in [5, 5.41) is 9.40. The lowest BCUT2D eigenvalue weighted by Gasteiger charge is -2.32. The van der Waals surface area contributed by atoms with Gasteiger partial charge in [0, 0.05) is 32.2 Å². The molecule has 0 aliphatic rings. The standard InChI is InChI=1S/C15H35N3O/c1-6-16(7-2)10-12-18(15(5)14-19)13-11-17(8-3)9-4/h15,19H,6-14H2,1-5H3. The van der Waals surface area contributed by atoms with E-state index in [-0.39, 0.29) is 12.6 Å². The van der Waals surface area contributed by atoms with Gasteiger partial charge in [-0.05, 0) is 33.1 Å². The summed E-state index contributed by atoms with van der Waals surface area (Å²) in [6, 6.07) is 0.256. The summed E-state index contributed by atoms with van der Waals surface area (Å²) >= 11 is 0. The molecule has 0 aromatic rings. The average molecular weight is 273 g/mol. The van der Waals surface area contributed by atoms with E-state index in [1.54, 1.807) is 0 Å². The van der Waals surface area contributed by atoms with Gasteiger partial charge in [-0.15, -0.1) is 0 Å². The lowest BCUT2D eigenvalue weighted by atomic mass is 10.2. The van der Waals surface area contributed by atoms with Crippen molar-refractivity contribution in [1.82, 2.24) is 14.7 Å². The van der Waals surface area contributed by atoms with Crippen molar-refractivity contribution in [2.45, 2.75) is 40.7 Å². The molecule has 4 nitrogen and oxygen atoms in total. The van der Waals surface area contributed by atoms with Crippen molar-refractivity contribution in [3.8, 4) is 0 Å². The van der Waals surface area contributed by atoms with E-state index in [1.807, 2.05) is 0 Å². The molecule has 0 bridgehead atoms. The minimum Gasteiger partial charge on any atom is -0.395 e. The summed E-state index contributed by atoms with van der Waals surface area (Å²) in [4.78, 5) is 7.29. The van der Waals surface area contributed by atoms with Crippen molar-refractivity contribution in [3.05, 3.63) is 0 Å². The van der Waals surface area contributed by atoms with Gasteiger partial charge in [-0.25, -0.2) is 0 Å². The van der Waals surface area contributed by atoms with Crippen molar-refractivity contribution in [2.24, 2.45) is 0 Å². The molecule has 0 fully saturated rings. The maximum Gasteiger partial charge on any atom is 0.0584 e. The molecule has 0 heterocycles. The highest BCUT2D eigenvalue weighted by atomic mass is 16.3. The monoisotopic (exact) mass is 273 g/mol. The molecule has 0 amide bonds. The number of rotatable bonds is 12. The molecule has 0 spiro atoms. The first-order valence-electron chi connectivity index (χ1n) is 7.92. The normalized spacial score (nSPS) is 13.7. The molecule has 1 atom stereocenters. The molecule has 4 heteroatoms. The maximum absolute atomic E-state index is 9.40. The maximum atomic E-state index is 9.40. The third-order valence-corrected chi connectivity index (χ3v) is 4.08. The highest BCUT2D eigenvalue weighted by Gasteiger charge is 2.14. The van der Waals surface area contributed by atoms with E-state index in [0.717, 1.165) is 52.4 Å². The molecular formula is C15H35N3O. The van der Waals surface area contributed by atoms with Crippen LogP contribution in [0.5, 0.6) is 0 Å². The molecular weight excluding hydrogens is 238 g/mol. The fourth-order valence-corrected chi connectivity index (χ4v) is 2.29. The first-order valence-corrected chi connectivity index (χ1v) is 7.92. The van der Waals surface area contributed by atoms with Crippen molar-refractivity contribution in [2.75, 3.05) is 59.0 Å². The van der Waals surface area contributed by atoms with E-state index >= 15 is 0 Å². The van der Waals surface area contributed by atoms with Crippen LogP contribution in [0, 0.1) is 0 Å². The van der Waals surface area contributed by atoms with Gasteiger partial charge in [0.25, 0.3) is 0 Å². The van der Waals surface area contributed by atoms with Crippen LogP contribution >= 0.6 is 0 Å². The van der Waals surface area contributed by atoms with Gasteiger partial charge in [-0.3, -0.25) is 4.90 Å². The number of hydrogen-bond acceptors (Lipinski definition) is 4. The zero-order valence-electron chi connectivity index (χ0n) is 13.7. The molecule has 19 heavy (non-hydrogen) atoms. The van der Waals surface area contributed by atoms with Crippen LogP contribution in [0.4, 0.5) is 0 Å². The Morgan fingerprint density at radius 3 is 1.37 bits per heavy atom. The fraction of sp³-hybridized carbons (Fsp3) is 1.00. The highest BCUT2D eigenvalue weighted by molar-refractivity contribution is 4.70. The first kappa shape index (κ1) is 18.8. The van der Waals surface area contributed by atoms with Gasteiger partial charge in [0.1, 0.15) is 0 Å². The smallest absolute Gasteiger partial charge is 0.0584 e. The quantitative estimate of drug-likeness (QED) is 0.581. The Morgan fingerprint density at radius 1 is 0.737 bits per heavy atom. The topological polar surface area (TPSA) is 30.0 Å². The van der Waals surface area contributed by atoms with Crippen LogP contribution in [0.25, 0.3) is 0 Å². The van der Waals surface area contributed by atoms with Crippen LogP contribution in [0.15, 0.2) is 0 Å². The molecule has 0 rings (SSSR count). The molecule has 116 valence electrons. The van der Waals surface area contributed by atoms with Crippen LogP contribution in [0.3, 0.4) is 0 Å². The van der Waals surface area contributed by atoms with Gasteiger partial charge in [-0.2, -0.15) is 0 Å². The van der Waals surface area contributed by atoms with Gasteiger partial charge in [0.15, 0.2) is 0 Å². The third-order valence-electron chi connectivity index (χ3n) is 4.08. The van der Waals surface area contributed by atoms with Crippen molar-refractivity contribution in [3.63, 3.8) is 0 Å². The van der Waals surface area contributed by atoms with Gasteiger partial charge < -0.3 is 14.9 Å². The number of aliphatic hydroxyl groups excluding tert-OH is 1. The summed E-state index contributed by atoms with van der Waals surface area (Å²) in [7, 11) is 0. The highest BCUT2D eigenvalue weighted by Crippen LogP contribution is 2.01. The SMILES string of the molecule is CCN(CC)CCN(CCN(CC)CC)C(C)CO. The van der Waals surface area contributed by atoms with Gasteiger partial charge in [0.2, 0.25) is 0 Å². The van der Waals surface area contributed by atoms with E-state index in [2.05, 4.69) is 49.3 Å². The van der Waals surface area contributed by atoms with Crippen molar-refractivity contribution < 1.29 is 5.11 Å². The molecule has 0 aliphatic heterocycles. The third kappa shape index (κ3) is 7.88. The second-order valence-corrected chi connectivity index (χ2v) is 5.12. The molecule has 0 aliphatic carbocycles. The van der Waals surface area contributed by atoms with Gasteiger partial charge in [0.05, 0.1) is 6.61 Å².